The molecular weight excluding hydrogens is 342 g/mol. The lowest BCUT2D eigenvalue weighted by atomic mass is 10.1. The maximum atomic E-state index is 5.41. The van der Waals surface area contributed by atoms with E-state index in [0.29, 0.717) is 11.7 Å². The maximum Gasteiger partial charge on any atom is 0.151 e. The zero-order valence-electron chi connectivity index (χ0n) is 15.2. The van der Waals surface area contributed by atoms with Crippen molar-refractivity contribution in [2.45, 2.75) is 18.9 Å². The molecule has 1 atom stereocenters. The minimum absolute atomic E-state index is 0.292. The summed E-state index contributed by atoms with van der Waals surface area (Å²) in [6.45, 7) is 5.01. The second-order valence-corrected chi connectivity index (χ2v) is 6.71. The topological polar surface area (TPSA) is 79.3 Å². The number of terminal acetylenes is 1. The third-order valence-corrected chi connectivity index (χ3v) is 4.88. The number of morpholine rings is 1. The predicted molar refractivity (Wildman–Crippen MR) is 104 cm³/mol. The van der Waals surface area contributed by atoms with Gasteiger partial charge in [0.25, 0.3) is 0 Å². The molecule has 4 heterocycles. The van der Waals surface area contributed by atoms with Crippen molar-refractivity contribution in [2.75, 3.05) is 54.5 Å². The highest BCUT2D eigenvalue weighted by molar-refractivity contribution is 5.50. The van der Waals surface area contributed by atoms with Crippen LogP contribution in [-0.4, -0.2) is 65.6 Å². The van der Waals surface area contributed by atoms with E-state index in [1.54, 1.807) is 6.33 Å². The number of anilines is 3. The Kier molecular flexibility index (Phi) is 5.30. The van der Waals surface area contributed by atoms with E-state index in [2.05, 4.69) is 41.2 Å². The lowest BCUT2D eigenvalue weighted by Crippen LogP contribution is -2.42. The Morgan fingerprint density at radius 1 is 1.07 bits per heavy atom. The summed E-state index contributed by atoms with van der Waals surface area (Å²) >= 11 is 0. The van der Waals surface area contributed by atoms with Crippen LogP contribution in [0, 0.1) is 12.3 Å². The van der Waals surface area contributed by atoms with E-state index in [0.717, 1.165) is 69.7 Å². The van der Waals surface area contributed by atoms with E-state index in [9.17, 15) is 0 Å². The molecule has 27 heavy (non-hydrogen) atoms. The molecule has 0 aromatic carbocycles. The highest BCUT2D eigenvalue weighted by atomic mass is 16.5. The van der Waals surface area contributed by atoms with Crippen LogP contribution >= 0.6 is 0 Å². The lowest BCUT2D eigenvalue weighted by Gasteiger charge is -2.34. The normalized spacial score (nSPS) is 20.2. The smallest absolute Gasteiger partial charge is 0.151 e. The number of hydrogen-bond acceptors (Lipinski definition) is 8. The summed E-state index contributed by atoms with van der Waals surface area (Å²) in [5.41, 5.74) is 0.557. The molecular formula is C19H23N7O. The quantitative estimate of drug-likeness (QED) is 0.809. The van der Waals surface area contributed by atoms with Gasteiger partial charge in [-0.25, -0.2) is 9.97 Å². The third-order valence-electron chi connectivity index (χ3n) is 4.88. The number of piperidine rings is 1. The predicted octanol–water partition coefficient (Wildman–Crippen LogP) is 1.17. The molecule has 4 rings (SSSR count). The molecule has 8 heteroatoms. The first-order valence-electron chi connectivity index (χ1n) is 9.28. The number of nitrogens with one attached hydrogen (secondary N) is 1. The molecule has 2 aliphatic rings. The van der Waals surface area contributed by atoms with E-state index in [4.69, 9.17) is 11.2 Å². The Morgan fingerprint density at radius 3 is 2.74 bits per heavy atom. The van der Waals surface area contributed by atoms with Crippen LogP contribution in [0.3, 0.4) is 0 Å². The molecule has 8 nitrogen and oxygen atoms in total. The second kappa shape index (κ2) is 8.18. The minimum atomic E-state index is 0.292. The van der Waals surface area contributed by atoms with Crippen LogP contribution in [0.1, 0.15) is 18.5 Å². The fourth-order valence-corrected chi connectivity index (χ4v) is 3.47. The molecule has 2 fully saturated rings. The Hall–Kier alpha value is -2.92. The summed E-state index contributed by atoms with van der Waals surface area (Å²) in [4.78, 5) is 13.3. The molecule has 1 N–H and O–H groups in total. The monoisotopic (exact) mass is 365 g/mol. The number of rotatable bonds is 4. The average Bonchev–Trinajstić information content (AvgIpc) is 2.75. The lowest BCUT2D eigenvalue weighted by molar-refractivity contribution is 0.122. The van der Waals surface area contributed by atoms with Crippen molar-refractivity contribution in [2.24, 2.45) is 0 Å². The second-order valence-electron chi connectivity index (χ2n) is 6.71. The standard InChI is InChI=1S/C19H23N7O/c1-2-15-5-6-18(24-23-15)26-7-3-4-16(13-26)22-17-12-19(21-14-20-17)25-8-10-27-11-9-25/h1,5-6,12,14,16H,3-4,7-11,13H2,(H,20,21,22)/t16-/m1/s1. The highest BCUT2D eigenvalue weighted by Crippen LogP contribution is 2.21. The molecule has 0 bridgehead atoms. The van der Waals surface area contributed by atoms with Crippen molar-refractivity contribution >= 4 is 17.5 Å². The molecule has 140 valence electrons. The van der Waals surface area contributed by atoms with E-state index < -0.39 is 0 Å². The van der Waals surface area contributed by atoms with Gasteiger partial charge in [-0.15, -0.1) is 16.6 Å². The van der Waals surface area contributed by atoms with Crippen LogP contribution in [0.15, 0.2) is 24.5 Å². The Balaban J connectivity index is 1.41. The van der Waals surface area contributed by atoms with Gasteiger partial charge in [-0.05, 0) is 30.9 Å². The molecule has 2 aliphatic heterocycles. The zero-order chi connectivity index (χ0) is 18.5. The van der Waals surface area contributed by atoms with Crippen molar-refractivity contribution in [3.8, 4) is 12.3 Å². The average molecular weight is 365 g/mol. The van der Waals surface area contributed by atoms with Gasteiger partial charge >= 0.3 is 0 Å². The summed E-state index contributed by atoms with van der Waals surface area (Å²) in [5, 5.41) is 11.9. The fraction of sp³-hybridized carbons (Fsp3) is 0.474. The van der Waals surface area contributed by atoms with Gasteiger partial charge in [0, 0.05) is 38.3 Å². The Morgan fingerprint density at radius 2 is 1.96 bits per heavy atom. The summed E-state index contributed by atoms with van der Waals surface area (Å²) in [5.74, 6) is 5.16. The van der Waals surface area contributed by atoms with Crippen LogP contribution in [-0.2, 0) is 4.74 Å². The van der Waals surface area contributed by atoms with Crippen molar-refractivity contribution in [1.82, 2.24) is 20.2 Å². The van der Waals surface area contributed by atoms with E-state index in [-0.39, 0.29) is 0 Å². The van der Waals surface area contributed by atoms with Gasteiger partial charge in [-0.3, -0.25) is 0 Å². The Labute approximate surface area is 159 Å². The fourth-order valence-electron chi connectivity index (χ4n) is 3.47. The van der Waals surface area contributed by atoms with Gasteiger partial charge in [0.1, 0.15) is 23.7 Å². The molecule has 0 unspecified atom stereocenters. The van der Waals surface area contributed by atoms with Crippen molar-refractivity contribution in [3.63, 3.8) is 0 Å². The third kappa shape index (κ3) is 4.26. The van der Waals surface area contributed by atoms with Crippen LogP contribution in [0.5, 0.6) is 0 Å². The molecule has 2 aromatic rings. The van der Waals surface area contributed by atoms with Crippen LogP contribution < -0.4 is 15.1 Å². The summed E-state index contributed by atoms with van der Waals surface area (Å²) in [6, 6.07) is 6.08. The summed E-state index contributed by atoms with van der Waals surface area (Å²) in [6.07, 6.45) is 9.14. The number of hydrogen-bond donors (Lipinski definition) is 1. The van der Waals surface area contributed by atoms with Crippen LogP contribution in [0.25, 0.3) is 0 Å². The van der Waals surface area contributed by atoms with Gasteiger partial charge in [0.15, 0.2) is 5.82 Å². The molecule has 0 radical (unpaired) electrons. The van der Waals surface area contributed by atoms with E-state index in [1.165, 1.54) is 0 Å². The van der Waals surface area contributed by atoms with E-state index in [1.807, 2.05) is 18.2 Å². The largest absolute Gasteiger partial charge is 0.378 e. The van der Waals surface area contributed by atoms with Gasteiger partial charge < -0.3 is 19.9 Å². The van der Waals surface area contributed by atoms with Gasteiger partial charge in [0.05, 0.1) is 13.2 Å². The van der Waals surface area contributed by atoms with Gasteiger partial charge in [0.2, 0.25) is 0 Å². The number of ether oxygens (including phenoxy) is 1. The number of nitrogens with zero attached hydrogens (tertiary/aromatic N) is 6. The number of aromatic nitrogens is 4. The summed E-state index contributed by atoms with van der Waals surface area (Å²) in [7, 11) is 0. The first-order chi connectivity index (χ1) is 13.3. The summed E-state index contributed by atoms with van der Waals surface area (Å²) < 4.78 is 5.41. The molecule has 2 aromatic heterocycles. The highest BCUT2D eigenvalue weighted by Gasteiger charge is 2.22. The first-order valence-corrected chi connectivity index (χ1v) is 9.28. The molecule has 0 amide bonds. The molecule has 2 saturated heterocycles. The van der Waals surface area contributed by atoms with Crippen LogP contribution in [0.4, 0.5) is 17.5 Å². The minimum Gasteiger partial charge on any atom is -0.378 e. The first kappa shape index (κ1) is 17.5. The maximum absolute atomic E-state index is 5.41. The zero-order valence-corrected chi connectivity index (χ0v) is 15.2. The molecule has 0 aliphatic carbocycles. The SMILES string of the molecule is C#Cc1ccc(N2CCC[C@@H](Nc3cc(N4CCOCC4)ncn3)C2)nn1. The van der Waals surface area contributed by atoms with Crippen molar-refractivity contribution < 1.29 is 4.74 Å². The molecule has 0 saturated carbocycles. The van der Waals surface area contributed by atoms with Gasteiger partial charge in [-0.2, -0.15) is 0 Å². The molecule has 0 spiro atoms. The van der Waals surface area contributed by atoms with Gasteiger partial charge in [-0.1, -0.05) is 0 Å². The van der Waals surface area contributed by atoms with Crippen molar-refractivity contribution in [1.29, 1.82) is 0 Å². The van der Waals surface area contributed by atoms with Crippen molar-refractivity contribution in [3.05, 3.63) is 30.2 Å². The Bertz CT molecular complexity index is 798. The van der Waals surface area contributed by atoms with Crippen LogP contribution in [0.2, 0.25) is 0 Å². The van der Waals surface area contributed by atoms with E-state index >= 15 is 0 Å².